The van der Waals surface area contributed by atoms with Crippen LogP contribution < -0.4 is 21.1 Å². The van der Waals surface area contributed by atoms with Gasteiger partial charge in [-0.05, 0) is 49.7 Å². The summed E-state index contributed by atoms with van der Waals surface area (Å²) < 4.78 is 0. The Labute approximate surface area is 158 Å². The van der Waals surface area contributed by atoms with Crippen LogP contribution in [-0.2, 0) is 0 Å². The molecule has 7 heteroatoms. The third-order valence-electron chi connectivity index (χ3n) is 5.12. The van der Waals surface area contributed by atoms with E-state index in [2.05, 4.69) is 49.3 Å². The van der Waals surface area contributed by atoms with Gasteiger partial charge in [-0.15, -0.1) is 9.24 Å². The van der Waals surface area contributed by atoms with E-state index in [0.29, 0.717) is 23.8 Å². The van der Waals surface area contributed by atoms with Crippen molar-refractivity contribution >= 4 is 32.1 Å². The third-order valence-corrected chi connectivity index (χ3v) is 5.74. The molecule has 2 N–H and O–H groups in total. The van der Waals surface area contributed by atoms with Gasteiger partial charge >= 0.3 is 0 Å². The monoisotopic (exact) mass is 372 g/mol. The van der Waals surface area contributed by atoms with Crippen molar-refractivity contribution in [1.82, 2.24) is 15.0 Å². The molecule has 3 rings (SSSR count). The molecular formula is C19H29N6P. The highest BCUT2D eigenvalue weighted by Crippen LogP contribution is 2.25. The lowest BCUT2D eigenvalue weighted by atomic mass is 10.1. The van der Waals surface area contributed by atoms with E-state index >= 15 is 0 Å². The molecule has 1 aromatic heterocycles. The van der Waals surface area contributed by atoms with Crippen LogP contribution in [0.25, 0.3) is 0 Å². The summed E-state index contributed by atoms with van der Waals surface area (Å²) in [6.45, 7) is 3.98. The van der Waals surface area contributed by atoms with E-state index < -0.39 is 0 Å². The summed E-state index contributed by atoms with van der Waals surface area (Å²) in [6.07, 6.45) is 7.21. The molecule has 1 aliphatic carbocycles. The van der Waals surface area contributed by atoms with Crippen molar-refractivity contribution in [2.45, 2.75) is 58.4 Å². The fourth-order valence-electron chi connectivity index (χ4n) is 3.37. The average molecular weight is 372 g/mol. The van der Waals surface area contributed by atoms with Crippen LogP contribution in [0.4, 0.5) is 17.6 Å². The van der Waals surface area contributed by atoms with Crippen molar-refractivity contribution in [2.75, 3.05) is 17.0 Å². The van der Waals surface area contributed by atoms with E-state index in [0.717, 1.165) is 18.5 Å². The number of aryl methyl sites for hydroxylation is 2. The SMILES string of the molecule is Cc1nc(N(C)c2ccc(C)c(P)c2)nc(N(N)C2CCCCCC2)n1. The van der Waals surface area contributed by atoms with Gasteiger partial charge in [0.2, 0.25) is 11.9 Å². The van der Waals surface area contributed by atoms with Gasteiger partial charge in [-0.25, -0.2) is 5.84 Å². The molecule has 0 radical (unpaired) electrons. The number of hydrogen-bond acceptors (Lipinski definition) is 6. The van der Waals surface area contributed by atoms with Crippen LogP contribution in [0.2, 0.25) is 0 Å². The Morgan fingerprint density at radius 1 is 1.00 bits per heavy atom. The summed E-state index contributed by atoms with van der Waals surface area (Å²) in [5, 5.41) is 2.92. The standard InChI is InChI=1S/C19H29N6P/c1-13-10-11-16(12-17(13)26)24(3)18-21-14(2)22-19(23-18)25(20)15-8-6-4-5-7-9-15/h10-12,15H,4-9,20,26H2,1-3H3. The van der Waals surface area contributed by atoms with Crippen LogP contribution in [0, 0.1) is 13.8 Å². The van der Waals surface area contributed by atoms with Gasteiger partial charge in [0.1, 0.15) is 5.82 Å². The first-order valence-corrected chi connectivity index (χ1v) is 9.90. The van der Waals surface area contributed by atoms with Crippen molar-refractivity contribution in [3.05, 3.63) is 29.6 Å². The molecule has 1 fully saturated rings. The van der Waals surface area contributed by atoms with Gasteiger partial charge in [-0.3, -0.25) is 5.01 Å². The number of anilines is 3. The second-order valence-corrected chi connectivity index (χ2v) is 7.76. The number of aromatic nitrogens is 3. The largest absolute Gasteiger partial charge is 0.313 e. The molecule has 0 aliphatic heterocycles. The lowest BCUT2D eigenvalue weighted by molar-refractivity contribution is 0.523. The Morgan fingerprint density at radius 3 is 2.31 bits per heavy atom. The highest BCUT2D eigenvalue weighted by atomic mass is 31.0. The smallest absolute Gasteiger partial charge is 0.245 e. The number of nitrogens with zero attached hydrogens (tertiary/aromatic N) is 5. The van der Waals surface area contributed by atoms with Gasteiger partial charge in [0.25, 0.3) is 0 Å². The zero-order valence-corrected chi connectivity index (χ0v) is 17.1. The molecule has 140 valence electrons. The van der Waals surface area contributed by atoms with Gasteiger partial charge in [-0.1, -0.05) is 31.7 Å². The molecule has 0 spiro atoms. The van der Waals surface area contributed by atoms with Crippen LogP contribution in [0.15, 0.2) is 18.2 Å². The first-order chi connectivity index (χ1) is 12.5. The Balaban J connectivity index is 1.87. The average Bonchev–Trinajstić information content (AvgIpc) is 2.91. The highest BCUT2D eigenvalue weighted by Gasteiger charge is 2.22. The first kappa shape index (κ1) is 19.0. The Morgan fingerprint density at radius 2 is 1.65 bits per heavy atom. The Kier molecular flexibility index (Phi) is 6.05. The van der Waals surface area contributed by atoms with E-state index in [4.69, 9.17) is 5.84 Å². The van der Waals surface area contributed by atoms with Gasteiger partial charge in [0.05, 0.1) is 0 Å². The van der Waals surface area contributed by atoms with Crippen LogP contribution in [-0.4, -0.2) is 28.0 Å². The lowest BCUT2D eigenvalue weighted by Crippen LogP contribution is -2.42. The highest BCUT2D eigenvalue weighted by molar-refractivity contribution is 7.27. The predicted octanol–water partition coefficient (Wildman–Crippen LogP) is 3.16. The summed E-state index contributed by atoms with van der Waals surface area (Å²) in [6, 6.07) is 6.59. The topological polar surface area (TPSA) is 71.2 Å². The van der Waals surface area contributed by atoms with Crippen LogP contribution in [0.3, 0.4) is 0 Å². The molecule has 1 heterocycles. The third kappa shape index (κ3) is 4.30. The second kappa shape index (κ2) is 8.28. The summed E-state index contributed by atoms with van der Waals surface area (Å²) in [5.74, 6) is 8.27. The number of benzene rings is 1. The zero-order valence-electron chi connectivity index (χ0n) is 15.9. The summed E-state index contributed by atoms with van der Waals surface area (Å²) in [7, 11) is 4.74. The summed E-state index contributed by atoms with van der Waals surface area (Å²) in [4.78, 5) is 15.7. The first-order valence-electron chi connectivity index (χ1n) is 9.32. The van der Waals surface area contributed by atoms with Crippen LogP contribution in [0.1, 0.15) is 49.9 Å². The maximum atomic E-state index is 6.42. The molecule has 1 aliphatic rings. The quantitative estimate of drug-likeness (QED) is 0.385. The fraction of sp³-hybridized carbons (Fsp3) is 0.526. The second-order valence-electron chi connectivity index (χ2n) is 7.14. The molecule has 0 bridgehead atoms. The van der Waals surface area contributed by atoms with Crippen LogP contribution in [0.5, 0.6) is 0 Å². The molecule has 6 nitrogen and oxygen atoms in total. The van der Waals surface area contributed by atoms with Crippen molar-refractivity contribution in [1.29, 1.82) is 0 Å². The van der Waals surface area contributed by atoms with Gasteiger partial charge in [0.15, 0.2) is 0 Å². The number of rotatable bonds is 4. The molecule has 26 heavy (non-hydrogen) atoms. The van der Waals surface area contributed by atoms with Crippen molar-refractivity contribution in [3.63, 3.8) is 0 Å². The number of nitrogens with two attached hydrogens (primary N) is 1. The molecule has 1 aromatic carbocycles. The molecule has 1 saturated carbocycles. The van der Waals surface area contributed by atoms with Gasteiger partial charge in [0, 0.05) is 18.8 Å². The minimum atomic E-state index is 0.301. The van der Waals surface area contributed by atoms with Crippen molar-refractivity contribution in [3.8, 4) is 0 Å². The molecule has 1 unspecified atom stereocenters. The molecule has 2 aromatic rings. The van der Waals surface area contributed by atoms with E-state index in [1.807, 2.05) is 18.9 Å². The molecule has 1 atom stereocenters. The Bertz CT molecular complexity index is 758. The van der Waals surface area contributed by atoms with E-state index in [1.54, 1.807) is 5.01 Å². The van der Waals surface area contributed by atoms with Gasteiger partial charge < -0.3 is 4.90 Å². The predicted molar refractivity (Wildman–Crippen MR) is 111 cm³/mol. The minimum Gasteiger partial charge on any atom is -0.313 e. The number of hydrogen-bond donors (Lipinski definition) is 1. The molecule has 0 saturated heterocycles. The van der Waals surface area contributed by atoms with Gasteiger partial charge in [-0.2, -0.15) is 15.0 Å². The summed E-state index contributed by atoms with van der Waals surface area (Å²) >= 11 is 0. The van der Waals surface area contributed by atoms with Crippen LogP contribution >= 0.6 is 9.24 Å². The maximum absolute atomic E-state index is 6.42. The normalized spacial score (nSPS) is 15.6. The van der Waals surface area contributed by atoms with E-state index in [9.17, 15) is 0 Å². The Hall–Kier alpha value is -1.78. The maximum Gasteiger partial charge on any atom is 0.245 e. The lowest BCUT2D eigenvalue weighted by Gasteiger charge is -2.27. The molecular weight excluding hydrogens is 343 g/mol. The van der Waals surface area contributed by atoms with E-state index in [-0.39, 0.29) is 0 Å². The zero-order chi connectivity index (χ0) is 18.7. The minimum absolute atomic E-state index is 0.301. The van der Waals surface area contributed by atoms with E-state index in [1.165, 1.54) is 36.6 Å². The van der Waals surface area contributed by atoms with Crippen molar-refractivity contribution < 1.29 is 0 Å². The van der Waals surface area contributed by atoms with Crippen molar-refractivity contribution in [2.24, 2.45) is 5.84 Å². The molecule has 0 amide bonds. The number of hydrazine groups is 1. The summed E-state index contributed by atoms with van der Waals surface area (Å²) in [5.41, 5.74) is 2.27. The fourth-order valence-corrected chi connectivity index (χ4v) is 3.64.